The lowest BCUT2D eigenvalue weighted by atomic mass is 9.86. The van der Waals surface area contributed by atoms with Gasteiger partial charge in [-0.1, -0.05) is 35.3 Å². The number of likely N-dealkylation sites (N-methyl/N-ethyl adjacent to an activating group) is 1. The molecule has 7 heterocycles. The largest absolute Gasteiger partial charge is 0.490 e. The molecule has 4 bridgehead atoms. The number of hydrogen-bond donors (Lipinski definition) is 1. The predicted molar refractivity (Wildman–Crippen MR) is 272 cm³/mol. The number of halogens is 3. The average molecular weight is 1040 g/mol. The highest BCUT2D eigenvalue weighted by Crippen LogP contribution is 2.53. The minimum atomic E-state index is -1.46. The molecule has 5 aliphatic rings. The second kappa shape index (κ2) is 22.5. The Kier molecular flexibility index (Phi) is 15.7. The van der Waals surface area contributed by atoms with E-state index in [1.165, 1.54) is 29.8 Å². The lowest BCUT2D eigenvalue weighted by molar-refractivity contribution is -0.145. The quantitative estimate of drug-likeness (QED) is 0.131. The van der Waals surface area contributed by atoms with Crippen molar-refractivity contribution in [3.05, 3.63) is 105 Å². The molecule has 72 heavy (non-hydrogen) atoms. The molecule has 0 amide bonds. The fourth-order valence-electron chi connectivity index (χ4n) is 9.92. The van der Waals surface area contributed by atoms with Crippen LogP contribution in [0.1, 0.15) is 59.8 Å². The molecule has 6 aromatic rings. The standard InChI is InChI=1S/C53H57Cl2FN6O9S/c1-30-43-31(2)47(55)48(46(30)54)70-39(24-62-18-16-61(3)17-19-62)27-68-38-12-13-41(69-25-36-14-15-57-50(60-36)33-6-10-37(11-7-33)67-28-40-26-65-20-21-66-40)34(22-38)23-42(53(63)64)71-51-45-44(43)49(72-52(45)59-29-58-51)32-4-8-35(56)9-5-32/h4-5,8-9,12-15,22,29,33,37,39-40,42H,6-7,10-11,16-21,23-28H2,1-3H3,(H,63,64)/t33?,37?,39-,40?,42-/m1/s1. The number of fused-ring (bicyclic) bond motifs is 7. The molecule has 1 unspecified atom stereocenters. The molecule has 1 N–H and O–H groups in total. The molecule has 19 heteroatoms. The number of carboxylic acids is 1. The Bertz CT molecular complexity index is 2860. The van der Waals surface area contributed by atoms with Crippen LogP contribution in [0.5, 0.6) is 23.1 Å². The number of carboxylic acid groups (broad SMARTS) is 1. The first-order valence-electron chi connectivity index (χ1n) is 24.5. The highest BCUT2D eigenvalue weighted by atomic mass is 35.5. The van der Waals surface area contributed by atoms with E-state index in [2.05, 4.69) is 31.8 Å². The van der Waals surface area contributed by atoms with Crippen LogP contribution in [-0.4, -0.2) is 138 Å². The van der Waals surface area contributed by atoms with Crippen molar-refractivity contribution in [1.82, 2.24) is 29.7 Å². The fraction of sp³-hybridized carbons (Fsp3) is 0.453. The van der Waals surface area contributed by atoms with Crippen molar-refractivity contribution in [1.29, 1.82) is 0 Å². The maximum Gasteiger partial charge on any atom is 0.345 e. The molecule has 15 nitrogen and oxygen atoms in total. The molecule has 4 aliphatic heterocycles. The van der Waals surface area contributed by atoms with Crippen LogP contribution in [0, 0.1) is 19.7 Å². The number of aliphatic carboxylic acids is 1. The second-order valence-corrected chi connectivity index (χ2v) is 20.7. The first-order valence-corrected chi connectivity index (χ1v) is 26.0. The van der Waals surface area contributed by atoms with Crippen LogP contribution < -0.4 is 18.9 Å². The molecular weight excluding hydrogens is 987 g/mol. The zero-order chi connectivity index (χ0) is 49.9. The van der Waals surface area contributed by atoms with Crippen molar-refractivity contribution >= 4 is 50.7 Å². The summed E-state index contributed by atoms with van der Waals surface area (Å²) in [6.07, 6.45) is 4.67. The molecule has 1 aliphatic carbocycles. The molecule has 3 atom stereocenters. The maximum absolute atomic E-state index is 14.4. The van der Waals surface area contributed by atoms with Crippen LogP contribution in [0.4, 0.5) is 4.39 Å². The third-order valence-corrected chi connectivity index (χ3v) is 16.0. The van der Waals surface area contributed by atoms with Gasteiger partial charge in [0.25, 0.3) is 0 Å². The smallest absolute Gasteiger partial charge is 0.345 e. The Morgan fingerprint density at radius 1 is 0.903 bits per heavy atom. The van der Waals surface area contributed by atoms with E-state index < -0.39 is 24.0 Å². The summed E-state index contributed by atoms with van der Waals surface area (Å²) in [5.74, 6) is 0.559. The van der Waals surface area contributed by atoms with E-state index in [1.54, 1.807) is 36.5 Å². The third-order valence-electron chi connectivity index (χ3n) is 13.9. The number of piperazine rings is 1. The number of benzene rings is 3. The summed E-state index contributed by atoms with van der Waals surface area (Å²) in [5.41, 5.74) is 4.49. The van der Waals surface area contributed by atoms with Gasteiger partial charge in [0, 0.05) is 67.3 Å². The summed E-state index contributed by atoms with van der Waals surface area (Å²) in [5, 5.41) is 12.0. The zero-order valence-electron chi connectivity index (χ0n) is 40.4. The van der Waals surface area contributed by atoms with Gasteiger partial charge in [0.15, 0.2) is 5.75 Å². The highest BCUT2D eigenvalue weighted by Gasteiger charge is 2.33. The molecule has 3 aromatic carbocycles. The summed E-state index contributed by atoms with van der Waals surface area (Å²) < 4.78 is 58.4. The molecule has 11 rings (SSSR count). The molecule has 2 saturated heterocycles. The molecule has 380 valence electrons. The lowest BCUT2D eigenvalue weighted by Gasteiger charge is -2.35. The first kappa shape index (κ1) is 50.3. The summed E-state index contributed by atoms with van der Waals surface area (Å²) in [7, 11) is 2.11. The normalized spacial score (nSPS) is 22.2. The van der Waals surface area contributed by atoms with Crippen LogP contribution in [0.2, 0.25) is 10.0 Å². The van der Waals surface area contributed by atoms with Crippen molar-refractivity contribution in [2.75, 3.05) is 72.8 Å². The van der Waals surface area contributed by atoms with Gasteiger partial charge in [0.2, 0.25) is 12.0 Å². The molecule has 0 radical (unpaired) electrons. The van der Waals surface area contributed by atoms with E-state index in [9.17, 15) is 14.3 Å². The van der Waals surface area contributed by atoms with Gasteiger partial charge in [-0.3, -0.25) is 4.90 Å². The molecular formula is C53H57Cl2FN6O9S. The highest BCUT2D eigenvalue weighted by molar-refractivity contribution is 7.22. The number of thiophene rings is 1. The van der Waals surface area contributed by atoms with Gasteiger partial charge in [-0.2, -0.15) is 0 Å². The van der Waals surface area contributed by atoms with E-state index in [4.69, 9.17) is 61.3 Å². The summed E-state index contributed by atoms with van der Waals surface area (Å²) in [6, 6.07) is 13.3. The lowest BCUT2D eigenvalue weighted by Crippen LogP contribution is -2.49. The fourth-order valence-corrected chi connectivity index (χ4v) is 11.6. The van der Waals surface area contributed by atoms with Gasteiger partial charge < -0.3 is 43.2 Å². The summed E-state index contributed by atoms with van der Waals surface area (Å²) in [4.78, 5) is 38.1. The first-order chi connectivity index (χ1) is 34.9. The van der Waals surface area contributed by atoms with Crippen LogP contribution in [-0.2, 0) is 32.0 Å². The SMILES string of the molecule is Cc1c(Cl)c2c(Cl)c(C)c1-c1c(-c3ccc(F)cc3)sc3ncnc(c13)O[C@@H](C(=O)O)Cc1cc(ccc1OCc1ccnc(C3CCC(OCC4COCCO4)CC3)n1)OC[C@@H](CN1CCN(C)CC1)O2. The summed E-state index contributed by atoms with van der Waals surface area (Å²) in [6.45, 7) is 10.3. The number of aromatic nitrogens is 4. The molecule has 3 aromatic heterocycles. The third kappa shape index (κ3) is 11.3. The van der Waals surface area contributed by atoms with Crippen molar-refractivity contribution < 1.29 is 47.4 Å². The minimum absolute atomic E-state index is 0.0262. The zero-order valence-corrected chi connectivity index (χ0v) is 42.7. The number of hydrogen-bond acceptors (Lipinski definition) is 15. The Morgan fingerprint density at radius 3 is 2.42 bits per heavy atom. The van der Waals surface area contributed by atoms with Crippen molar-refractivity contribution in [2.24, 2.45) is 0 Å². The van der Waals surface area contributed by atoms with E-state index in [-0.39, 0.29) is 43.6 Å². The monoisotopic (exact) mass is 1040 g/mol. The van der Waals surface area contributed by atoms with E-state index in [1.807, 2.05) is 19.9 Å². The second-order valence-electron chi connectivity index (χ2n) is 18.9. The van der Waals surface area contributed by atoms with Crippen LogP contribution in [0.25, 0.3) is 31.8 Å². The van der Waals surface area contributed by atoms with Gasteiger partial charge in [0.1, 0.15) is 59.7 Å². The minimum Gasteiger partial charge on any atom is -0.490 e. The Hall–Kier alpha value is -5.24. The van der Waals surface area contributed by atoms with Gasteiger partial charge >= 0.3 is 5.97 Å². The molecule has 0 spiro atoms. The van der Waals surface area contributed by atoms with Crippen LogP contribution >= 0.6 is 34.5 Å². The van der Waals surface area contributed by atoms with Crippen molar-refractivity contribution in [2.45, 2.75) is 82.9 Å². The number of ether oxygens (including phenoxy) is 7. The van der Waals surface area contributed by atoms with Gasteiger partial charge in [-0.25, -0.2) is 29.1 Å². The van der Waals surface area contributed by atoms with E-state index in [0.29, 0.717) is 114 Å². The van der Waals surface area contributed by atoms with Gasteiger partial charge in [-0.15, -0.1) is 11.3 Å². The Balaban J connectivity index is 0.984. The van der Waals surface area contributed by atoms with Crippen molar-refractivity contribution in [3.63, 3.8) is 0 Å². The average Bonchev–Trinajstić information content (AvgIpc) is 3.78. The maximum atomic E-state index is 14.4. The molecule has 1 saturated carbocycles. The van der Waals surface area contributed by atoms with Crippen LogP contribution in [0.3, 0.4) is 0 Å². The predicted octanol–water partition coefficient (Wildman–Crippen LogP) is 9.38. The Morgan fingerprint density at radius 2 is 1.68 bits per heavy atom. The van der Waals surface area contributed by atoms with Crippen LogP contribution in [0.15, 0.2) is 61.1 Å². The number of carbonyl (C=O) groups is 1. The van der Waals surface area contributed by atoms with Gasteiger partial charge in [-0.05, 0) is 105 Å². The number of rotatable bonds is 11. The molecule has 3 fully saturated rings. The number of nitrogens with zero attached hydrogens (tertiary/aromatic N) is 6. The van der Waals surface area contributed by atoms with E-state index >= 15 is 0 Å². The van der Waals surface area contributed by atoms with Crippen molar-refractivity contribution in [3.8, 4) is 44.7 Å². The summed E-state index contributed by atoms with van der Waals surface area (Å²) >= 11 is 16.0. The Labute approximate surface area is 431 Å². The van der Waals surface area contributed by atoms with E-state index in [0.717, 1.165) is 57.7 Å². The topological polar surface area (TPSA) is 160 Å². The van der Waals surface area contributed by atoms with Gasteiger partial charge in [0.05, 0.1) is 53.7 Å².